The second kappa shape index (κ2) is 7.30. The van der Waals surface area contributed by atoms with Gasteiger partial charge in [-0.1, -0.05) is 13.0 Å². The zero-order valence-corrected chi connectivity index (χ0v) is 16.1. The van der Waals surface area contributed by atoms with Gasteiger partial charge >= 0.3 is 0 Å². The minimum atomic E-state index is -3.39. The third-order valence-electron chi connectivity index (χ3n) is 5.26. The van der Waals surface area contributed by atoms with Crippen LogP contribution >= 0.6 is 0 Å². The number of imidazole rings is 1. The zero-order chi connectivity index (χ0) is 18.0. The molecule has 0 bridgehead atoms. The molecule has 1 aliphatic rings. The molecule has 0 amide bonds. The number of aromatic nitrogens is 2. The highest BCUT2D eigenvalue weighted by Gasteiger charge is 2.29. The van der Waals surface area contributed by atoms with Crippen molar-refractivity contribution in [2.24, 2.45) is 5.92 Å². The number of rotatable bonds is 5. The van der Waals surface area contributed by atoms with Crippen LogP contribution in [-0.2, 0) is 23.0 Å². The molecule has 0 aliphatic carbocycles. The largest absolute Gasteiger partial charge is 0.335 e. The van der Waals surface area contributed by atoms with E-state index in [4.69, 9.17) is 0 Å². The molecule has 1 fully saturated rings. The van der Waals surface area contributed by atoms with Gasteiger partial charge in [-0.2, -0.15) is 4.31 Å². The minimum absolute atomic E-state index is 0.414. The summed E-state index contributed by atoms with van der Waals surface area (Å²) in [7, 11) is -3.39. The molecular weight excluding hydrogens is 334 g/mol. The lowest BCUT2D eigenvalue weighted by atomic mass is 9.98. The maximum Gasteiger partial charge on any atom is 0.243 e. The zero-order valence-electron chi connectivity index (χ0n) is 15.3. The lowest BCUT2D eigenvalue weighted by molar-refractivity contribution is 0.251. The van der Waals surface area contributed by atoms with Gasteiger partial charge in [0, 0.05) is 38.4 Å². The molecule has 3 rings (SSSR count). The fourth-order valence-corrected chi connectivity index (χ4v) is 5.01. The minimum Gasteiger partial charge on any atom is -0.335 e. The fraction of sp³-hybridized carbons (Fsp3) is 0.526. The van der Waals surface area contributed by atoms with Gasteiger partial charge in [-0.3, -0.25) is 0 Å². The molecule has 0 atom stereocenters. The highest BCUT2D eigenvalue weighted by molar-refractivity contribution is 7.89. The monoisotopic (exact) mass is 361 g/mol. The second-order valence-corrected chi connectivity index (χ2v) is 8.88. The summed E-state index contributed by atoms with van der Waals surface area (Å²) in [6, 6.07) is 5.40. The van der Waals surface area contributed by atoms with E-state index in [1.54, 1.807) is 16.4 Å². The van der Waals surface area contributed by atoms with Crippen LogP contribution in [0.5, 0.6) is 0 Å². The van der Waals surface area contributed by atoms with E-state index >= 15 is 0 Å². The summed E-state index contributed by atoms with van der Waals surface area (Å²) < 4.78 is 29.6. The highest BCUT2D eigenvalue weighted by atomic mass is 32.2. The van der Waals surface area contributed by atoms with E-state index in [1.165, 1.54) is 0 Å². The number of hydrogen-bond donors (Lipinski definition) is 0. The van der Waals surface area contributed by atoms with Crippen molar-refractivity contribution in [2.75, 3.05) is 13.1 Å². The Morgan fingerprint density at radius 3 is 2.52 bits per heavy atom. The van der Waals surface area contributed by atoms with E-state index < -0.39 is 10.0 Å². The Morgan fingerprint density at radius 2 is 1.88 bits per heavy atom. The van der Waals surface area contributed by atoms with Crippen LogP contribution in [0.25, 0.3) is 0 Å². The van der Waals surface area contributed by atoms with Crippen LogP contribution in [0.2, 0.25) is 0 Å². The average molecular weight is 362 g/mol. The quantitative estimate of drug-likeness (QED) is 0.822. The molecule has 2 heterocycles. The van der Waals surface area contributed by atoms with Gasteiger partial charge in [0.05, 0.1) is 4.90 Å². The van der Waals surface area contributed by atoms with E-state index in [-0.39, 0.29) is 0 Å². The Hall–Kier alpha value is -1.66. The molecule has 5 nitrogen and oxygen atoms in total. The maximum atomic E-state index is 12.9. The number of piperidine rings is 1. The Labute approximate surface area is 150 Å². The fourth-order valence-electron chi connectivity index (χ4n) is 3.45. The third kappa shape index (κ3) is 3.80. The smallest absolute Gasteiger partial charge is 0.243 e. The van der Waals surface area contributed by atoms with Crippen LogP contribution in [0.3, 0.4) is 0 Å². The molecule has 1 aromatic carbocycles. The van der Waals surface area contributed by atoms with Crippen LogP contribution in [0.1, 0.15) is 36.7 Å². The number of sulfonamides is 1. The number of benzene rings is 1. The van der Waals surface area contributed by atoms with Gasteiger partial charge in [0.25, 0.3) is 0 Å². The standard InChI is InChI=1S/C19H27N3O2S/c1-4-19-20-9-12-21(19)14-17-7-10-22(11-8-17)25(23,24)18-6-5-15(2)16(3)13-18/h5-6,9,12-13,17H,4,7-8,10-11,14H2,1-3H3. The molecule has 6 heteroatoms. The van der Waals surface area contributed by atoms with Crippen molar-refractivity contribution in [2.45, 2.75) is 51.5 Å². The summed E-state index contributed by atoms with van der Waals surface area (Å²) in [6.07, 6.45) is 6.58. The van der Waals surface area contributed by atoms with Gasteiger partial charge in [0.1, 0.15) is 5.82 Å². The summed E-state index contributed by atoms with van der Waals surface area (Å²) in [4.78, 5) is 4.78. The van der Waals surface area contributed by atoms with Gasteiger partial charge in [-0.05, 0) is 55.9 Å². The molecule has 1 aliphatic heterocycles. The lowest BCUT2D eigenvalue weighted by Gasteiger charge is -2.31. The van der Waals surface area contributed by atoms with Crippen molar-refractivity contribution < 1.29 is 8.42 Å². The first-order chi connectivity index (χ1) is 11.9. The predicted octanol–water partition coefficient (Wildman–Crippen LogP) is 3.16. The molecule has 0 radical (unpaired) electrons. The Kier molecular flexibility index (Phi) is 5.29. The van der Waals surface area contributed by atoms with Crippen LogP contribution in [0, 0.1) is 19.8 Å². The molecular formula is C19H27N3O2S. The lowest BCUT2D eigenvalue weighted by Crippen LogP contribution is -2.39. The number of aryl methyl sites for hydroxylation is 3. The molecule has 0 saturated carbocycles. The first-order valence-electron chi connectivity index (χ1n) is 8.99. The predicted molar refractivity (Wildman–Crippen MR) is 99.0 cm³/mol. The van der Waals surface area contributed by atoms with E-state index in [9.17, 15) is 8.42 Å². The van der Waals surface area contributed by atoms with E-state index in [0.29, 0.717) is 23.9 Å². The Bertz CT molecular complexity index is 834. The van der Waals surface area contributed by atoms with E-state index in [2.05, 4.69) is 16.5 Å². The summed E-state index contributed by atoms with van der Waals surface area (Å²) in [5.41, 5.74) is 2.13. The van der Waals surface area contributed by atoms with E-state index in [1.807, 2.05) is 32.3 Å². The van der Waals surface area contributed by atoms with Crippen LogP contribution in [-0.4, -0.2) is 35.4 Å². The van der Waals surface area contributed by atoms with Gasteiger partial charge in [0.15, 0.2) is 0 Å². The highest BCUT2D eigenvalue weighted by Crippen LogP contribution is 2.26. The summed E-state index contributed by atoms with van der Waals surface area (Å²) in [5, 5.41) is 0. The summed E-state index contributed by atoms with van der Waals surface area (Å²) in [6.45, 7) is 8.18. The molecule has 136 valence electrons. The molecule has 0 unspecified atom stereocenters. The first-order valence-corrected chi connectivity index (χ1v) is 10.4. The normalized spacial score (nSPS) is 17.1. The van der Waals surface area contributed by atoms with Gasteiger partial charge < -0.3 is 4.57 Å². The second-order valence-electron chi connectivity index (χ2n) is 6.94. The molecule has 0 N–H and O–H groups in total. The van der Waals surface area contributed by atoms with Crippen LogP contribution in [0.4, 0.5) is 0 Å². The van der Waals surface area contributed by atoms with Gasteiger partial charge in [-0.25, -0.2) is 13.4 Å². The maximum absolute atomic E-state index is 12.9. The summed E-state index contributed by atoms with van der Waals surface area (Å²) >= 11 is 0. The molecule has 1 aromatic heterocycles. The van der Waals surface area contributed by atoms with Crippen LogP contribution < -0.4 is 0 Å². The van der Waals surface area contributed by atoms with Crippen LogP contribution in [0.15, 0.2) is 35.5 Å². The third-order valence-corrected chi connectivity index (χ3v) is 7.16. The van der Waals surface area contributed by atoms with Crippen molar-refractivity contribution in [1.82, 2.24) is 13.9 Å². The molecule has 0 spiro atoms. The van der Waals surface area contributed by atoms with Crippen molar-refractivity contribution in [3.63, 3.8) is 0 Å². The average Bonchev–Trinajstić information content (AvgIpc) is 3.05. The number of hydrogen-bond acceptors (Lipinski definition) is 3. The van der Waals surface area contributed by atoms with Gasteiger partial charge in [-0.15, -0.1) is 0 Å². The van der Waals surface area contributed by atoms with E-state index in [0.717, 1.165) is 42.8 Å². The molecule has 25 heavy (non-hydrogen) atoms. The van der Waals surface area contributed by atoms with Crippen molar-refractivity contribution in [1.29, 1.82) is 0 Å². The van der Waals surface area contributed by atoms with Crippen molar-refractivity contribution in [3.05, 3.63) is 47.5 Å². The SMILES string of the molecule is CCc1nccn1CC1CCN(S(=O)(=O)c2ccc(C)c(C)c2)CC1. The Balaban J connectivity index is 1.66. The summed E-state index contributed by atoms with van der Waals surface area (Å²) in [5.74, 6) is 1.61. The topological polar surface area (TPSA) is 55.2 Å². The molecule has 1 saturated heterocycles. The first kappa shape index (κ1) is 18.1. The number of nitrogens with zero attached hydrogens (tertiary/aromatic N) is 3. The van der Waals surface area contributed by atoms with Crippen molar-refractivity contribution >= 4 is 10.0 Å². The van der Waals surface area contributed by atoms with Crippen molar-refractivity contribution in [3.8, 4) is 0 Å². The molecule has 2 aromatic rings. The Morgan fingerprint density at radius 1 is 1.16 bits per heavy atom. The van der Waals surface area contributed by atoms with Gasteiger partial charge in [0.2, 0.25) is 10.0 Å².